The van der Waals surface area contributed by atoms with Gasteiger partial charge in [0.05, 0.1) is 0 Å². The van der Waals surface area contributed by atoms with Crippen LogP contribution in [0.3, 0.4) is 0 Å². The van der Waals surface area contributed by atoms with E-state index in [1.165, 1.54) is 12.1 Å². The summed E-state index contributed by atoms with van der Waals surface area (Å²) < 4.78 is 12.5. The van der Waals surface area contributed by atoms with E-state index in [1.807, 2.05) is 6.92 Å². The zero-order chi connectivity index (χ0) is 9.52. The molecule has 0 atom stereocenters. The van der Waals surface area contributed by atoms with Crippen LogP contribution in [0, 0.1) is 5.82 Å². The smallest absolute Gasteiger partial charge is 0.142 e. The van der Waals surface area contributed by atoms with E-state index in [0.717, 1.165) is 12.0 Å². The highest BCUT2D eigenvalue weighted by atomic mass is 19.1. The zero-order valence-electron chi connectivity index (χ0n) is 7.53. The third-order valence-corrected chi connectivity index (χ3v) is 1.48. The van der Waals surface area contributed by atoms with E-state index in [-0.39, 0.29) is 5.82 Å². The molecule has 1 aromatic rings. The lowest BCUT2D eigenvalue weighted by molar-refractivity contribution is 0.131. The van der Waals surface area contributed by atoms with Gasteiger partial charge in [0, 0.05) is 6.21 Å². The molecule has 1 rings (SSSR count). The maximum atomic E-state index is 12.5. The fourth-order valence-electron chi connectivity index (χ4n) is 0.820. The molecule has 0 aliphatic rings. The highest BCUT2D eigenvalue weighted by molar-refractivity contribution is 5.55. The molecule has 0 heterocycles. The Morgan fingerprint density at radius 2 is 2.08 bits per heavy atom. The predicted molar refractivity (Wildman–Crippen MR) is 50.0 cm³/mol. The Labute approximate surface area is 77.0 Å². The first-order valence-corrected chi connectivity index (χ1v) is 4.21. The number of benzene rings is 1. The highest BCUT2D eigenvalue weighted by Crippen LogP contribution is 2.03. The normalized spacial score (nSPS) is 10.6. The Hall–Kier alpha value is -1.38. The molecular formula is C10H12FNO. The van der Waals surface area contributed by atoms with Crippen LogP contribution in [0.2, 0.25) is 0 Å². The van der Waals surface area contributed by atoms with Crippen molar-refractivity contribution in [3.63, 3.8) is 0 Å². The molecule has 0 aliphatic carbocycles. The number of rotatable bonds is 4. The van der Waals surface area contributed by atoms with Crippen LogP contribution in [0.5, 0.6) is 0 Å². The fraction of sp³-hybridized carbons (Fsp3) is 0.300. The molecule has 0 aromatic heterocycles. The summed E-state index contributed by atoms with van der Waals surface area (Å²) in [5.74, 6) is -0.235. The lowest BCUT2D eigenvalue weighted by atomic mass is 10.2. The lowest BCUT2D eigenvalue weighted by Gasteiger charge is -1.98. The molecule has 70 valence electrons. The van der Waals surface area contributed by atoms with E-state index < -0.39 is 0 Å². The second-order valence-corrected chi connectivity index (χ2v) is 2.60. The minimum Gasteiger partial charge on any atom is -0.391 e. The van der Waals surface area contributed by atoms with Gasteiger partial charge in [-0.25, -0.2) is 4.39 Å². The third-order valence-electron chi connectivity index (χ3n) is 1.48. The summed E-state index contributed by atoms with van der Waals surface area (Å²) in [5.41, 5.74) is 0.912. The van der Waals surface area contributed by atoms with Crippen molar-refractivity contribution in [2.75, 3.05) is 0 Å². The van der Waals surface area contributed by atoms with Crippen LogP contribution in [0.1, 0.15) is 18.9 Å². The Morgan fingerprint density at radius 3 is 2.69 bits per heavy atom. The number of oxime groups is 1. The number of nitrogens with zero attached hydrogens (tertiary/aromatic N) is 1. The first kappa shape index (κ1) is 9.71. The Kier molecular flexibility index (Phi) is 3.96. The SMILES string of the molecule is CCC=NOCc1ccc(F)cc1. The van der Waals surface area contributed by atoms with E-state index in [2.05, 4.69) is 5.16 Å². The second-order valence-electron chi connectivity index (χ2n) is 2.60. The summed E-state index contributed by atoms with van der Waals surface area (Å²) in [5, 5.41) is 3.69. The molecule has 0 amide bonds. The number of hydrogen-bond donors (Lipinski definition) is 0. The average Bonchev–Trinajstić information content (AvgIpc) is 2.15. The molecule has 0 aliphatic heterocycles. The van der Waals surface area contributed by atoms with Gasteiger partial charge in [-0.1, -0.05) is 24.2 Å². The Bertz CT molecular complexity index is 269. The largest absolute Gasteiger partial charge is 0.391 e. The standard InChI is InChI=1S/C10H12FNO/c1-2-7-12-13-8-9-3-5-10(11)6-4-9/h3-7H,2,8H2,1H3. The monoisotopic (exact) mass is 181 g/mol. The van der Waals surface area contributed by atoms with Crippen molar-refractivity contribution in [1.82, 2.24) is 0 Å². The van der Waals surface area contributed by atoms with Crippen LogP contribution < -0.4 is 0 Å². The predicted octanol–water partition coefficient (Wildman–Crippen LogP) is 2.74. The minimum atomic E-state index is -0.235. The molecule has 3 heteroatoms. The summed E-state index contributed by atoms with van der Waals surface area (Å²) in [6.45, 7) is 2.36. The molecule has 13 heavy (non-hydrogen) atoms. The zero-order valence-corrected chi connectivity index (χ0v) is 7.53. The van der Waals surface area contributed by atoms with Gasteiger partial charge in [-0.15, -0.1) is 0 Å². The fourth-order valence-corrected chi connectivity index (χ4v) is 0.820. The quantitative estimate of drug-likeness (QED) is 0.517. The minimum absolute atomic E-state index is 0.235. The van der Waals surface area contributed by atoms with Crippen molar-refractivity contribution in [2.45, 2.75) is 20.0 Å². The molecule has 0 spiro atoms. The summed E-state index contributed by atoms with van der Waals surface area (Å²) in [7, 11) is 0. The summed E-state index contributed by atoms with van der Waals surface area (Å²) in [6, 6.07) is 6.16. The molecule has 0 saturated carbocycles. The number of hydrogen-bond acceptors (Lipinski definition) is 2. The van der Waals surface area contributed by atoms with E-state index in [0.29, 0.717) is 6.61 Å². The van der Waals surface area contributed by atoms with E-state index >= 15 is 0 Å². The van der Waals surface area contributed by atoms with Crippen molar-refractivity contribution in [3.8, 4) is 0 Å². The molecule has 1 aromatic carbocycles. The third kappa shape index (κ3) is 3.69. The second kappa shape index (κ2) is 5.30. The van der Waals surface area contributed by atoms with Crippen LogP contribution in [-0.2, 0) is 11.4 Å². The van der Waals surface area contributed by atoms with E-state index in [9.17, 15) is 4.39 Å². The molecule has 0 fully saturated rings. The first-order chi connectivity index (χ1) is 6.33. The van der Waals surface area contributed by atoms with Gasteiger partial charge >= 0.3 is 0 Å². The van der Waals surface area contributed by atoms with Gasteiger partial charge in [0.15, 0.2) is 0 Å². The van der Waals surface area contributed by atoms with Crippen LogP contribution in [-0.4, -0.2) is 6.21 Å². The first-order valence-electron chi connectivity index (χ1n) is 4.21. The lowest BCUT2D eigenvalue weighted by Crippen LogP contribution is -1.87. The molecule has 0 unspecified atom stereocenters. The molecular weight excluding hydrogens is 169 g/mol. The topological polar surface area (TPSA) is 21.6 Å². The van der Waals surface area contributed by atoms with Crippen LogP contribution >= 0.6 is 0 Å². The molecule has 2 nitrogen and oxygen atoms in total. The van der Waals surface area contributed by atoms with Gasteiger partial charge in [-0.05, 0) is 24.1 Å². The molecule has 0 N–H and O–H groups in total. The van der Waals surface area contributed by atoms with E-state index in [4.69, 9.17) is 4.84 Å². The highest BCUT2D eigenvalue weighted by Gasteiger charge is 1.92. The van der Waals surface area contributed by atoms with Crippen LogP contribution in [0.4, 0.5) is 4.39 Å². The van der Waals surface area contributed by atoms with Crippen molar-refractivity contribution < 1.29 is 9.23 Å². The summed E-state index contributed by atoms with van der Waals surface area (Å²) in [6.07, 6.45) is 2.53. The summed E-state index contributed by atoms with van der Waals surface area (Å²) in [4.78, 5) is 4.95. The molecule has 0 radical (unpaired) electrons. The van der Waals surface area contributed by atoms with Crippen molar-refractivity contribution in [1.29, 1.82) is 0 Å². The summed E-state index contributed by atoms with van der Waals surface area (Å²) >= 11 is 0. The number of halogens is 1. The van der Waals surface area contributed by atoms with Gasteiger partial charge in [0.2, 0.25) is 0 Å². The van der Waals surface area contributed by atoms with Crippen molar-refractivity contribution >= 4 is 6.21 Å². The maximum Gasteiger partial charge on any atom is 0.142 e. The van der Waals surface area contributed by atoms with Gasteiger partial charge in [-0.3, -0.25) is 0 Å². The average molecular weight is 181 g/mol. The van der Waals surface area contributed by atoms with Gasteiger partial charge in [0.1, 0.15) is 12.4 Å². The maximum absolute atomic E-state index is 12.5. The van der Waals surface area contributed by atoms with Gasteiger partial charge in [-0.2, -0.15) is 0 Å². The Balaban J connectivity index is 2.37. The van der Waals surface area contributed by atoms with Crippen LogP contribution in [0.15, 0.2) is 29.4 Å². The molecule has 0 bridgehead atoms. The molecule has 0 saturated heterocycles. The van der Waals surface area contributed by atoms with Gasteiger partial charge < -0.3 is 4.84 Å². The van der Waals surface area contributed by atoms with Crippen molar-refractivity contribution in [2.24, 2.45) is 5.16 Å². The van der Waals surface area contributed by atoms with Gasteiger partial charge in [0.25, 0.3) is 0 Å². The van der Waals surface area contributed by atoms with Crippen molar-refractivity contribution in [3.05, 3.63) is 35.6 Å². The van der Waals surface area contributed by atoms with E-state index in [1.54, 1.807) is 18.3 Å². The Morgan fingerprint density at radius 1 is 1.38 bits per heavy atom. The van der Waals surface area contributed by atoms with Crippen LogP contribution in [0.25, 0.3) is 0 Å².